The second kappa shape index (κ2) is 11.0. The van der Waals surface area contributed by atoms with Crippen LogP contribution in [0.4, 0.5) is 0 Å². The van der Waals surface area contributed by atoms with Gasteiger partial charge in [-0.2, -0.15) is 11.8 Å². The standard InChI is InChI=1S/C19H18BrCl2NO3S/c1-27-9-8-17(19(25)26-11-12-2-4-13(20)5-3-12)23-18(24)15-7-6-14(21)10-16(15)22/h2-7,10,17H,8-9,11H2,1H3,(H,23,24). The number of hydrogen-bond acceptors (Lipinski definition) is 4. The van der Waals surface area contributed by atoms with E-state index in [2.05, 4.69) is 21.2 Å². The minimum absolute atomic E-state index is 0.138. The molecule has 0 heterocycles. The Morgan fingerprint density at radius 2 is 1.89 bits per heavy atom. The summed E-state index contributed by atoms with van der Waals surface area (Å²) in [5, 5.41) is 3.37. The number of rotatable bonds is 8. The lowest BCUT2D eigenvalue weighted by molar-refractivity contribution is -0.147. The van der Waals surface area contributed by atoms with Crippen molar-refractivity contribution < 1.29 is 14.3 Å². The van der Waals surface area contributed by atoms with Crippen LogP contribution in [0.25, 0.3) is 0 Å². The average Bonchev–Trinajstić information content (AvgIpc) is 2.64. The van der Waals surface area contributed by atoms with Crippen molar-refractivity contribution in [1.29, 1.82) is 0 Å². The molecule has 2 rings (SSSR count). The summed E-state index contributed by atoms with van der Waals surface area (Å²) >= 11 is 16.9. The van der Waals surface area contributed by atoms with Crippen molar-refractivity contribution in [2.75, 3.05) is 12.0 Å². The molecule has 4 nitrogen and oxygen atoms in total. The van der Waals surface area contributed by atoms with Crippen LogP contribution in [0.5, 0.6) is 0 Å². The van der Waals surface area contributed by atoms with Gasteiger partial charge in [-0.1, -0.05) is 51.3 Å². The lowest BCUT2D eigenvalue weighted by atomic mass is 10.1. The number of carbonyl (C=O) groups excluding carboxylic acids is 2. The molecule has 0 saturated carbocycles. The molecule has 0 aromatic heterocycles. The van der Waals surface area contributed by atoms with Crippen molar-refractivity contribution in [2.45, 2.75) is 19.1 Å². The monoisotopic (exact) mass is 489 g/mol. The summed E-state index contributed by atoms with van der Waals surface area (Å²) in [6.07, 6.45) is 2.39. The Balaban J connectivity index is 2.03. The van der Waals surface area contributed by atoms with Crippen LogP contribution in [0.3, 0.4) is 0 Å². The topological polar surface area (TPSA) is 55.4 Å². The molecule has 0 radical (unpaired) electrons. The molecule has 0 bridgehead atoms. The smallest absolute Gasteiger partial charge is 0.329 e. The highest BCUT2D eigenvalue weighted by molar-refractivity contribution is 9.10. The molecule has 1 unspecified atom stereocenters. The number of esters is 1. The quantitative estimate of drug-likeness (QED) is 0.506. The second-order valence-corrected chi connectivity index (χ2v) is 8.41. The first-order valence-electron chi connectivity index (χ1n) is 8.06. The van der Waals surface area contributed by atoms with Gasteiger partial charge in [0.15, 0.2) is 0 Å². The van der Waals surface area contributed by atoms with Crippen molar-refractivity contribution in [2.24, 2.45) is 0 Å². The number of carbonyl (C=O) groups is 2. The van der Waals surface area contributed by atoms with Crippen LogP contribution in [0, 0.1) is 0 Å². The minimum atomic E-state index is -0.757. The first-order chi connectivity index (χ1) is 12.9. The highest BCUT2D eigenvalue weighted by atomic mass is 79.9. The predicted octanol–water partition coefficient (Wildman–Crippen LogP) is 5.35. The maximum absolute atomic E-state index is 12.5. The van der Waals surface area contributed by atoms with E-state index in [9.17, 15) is 9.59 Å². The lowest BCUT2D eigenvalue weighted by Gasteiger charge is -2.18. The third-order valence-electron chi connectivity index (χ3n) is 3.67. The zero-order valence-corrected chi connectivity index (χ0v) is 18.4. The van der Waals surface area contributed by atoms with E-state index in [1.165, 1.54) is 12.1 Å². The number of benzene rings is 2. The highest BCUT2D eigenvalue weighted by Gasteiger charge is 2.23. The van der Waals surface area contributed by atoms with Crippen molar-refractivity contribution in [3.63, 3.8) is 0 Å². The first kappa shape index (κ1) is 22.1. The average molecular weight is 491 g/mol. The number of ether oxygens (including phenoxy) is 1. The third-order valence-corrected chi connectivity index (χ3v) is 5.39. The van der Waals surface area contributed by atoms with Gasteiger partial charge in [0.05, 0.1) is 10.6 Å². The fraction of sp³-hybridized carbons (Fsp3) is 0.263. The van der Waals surface area contributed by atoms with E-state index in [1.54, 1.807) is 17.8 Å². The fourth-order valence-electron chi connectivity index (χ4n) is 2.23. The molecule has 0 spiro atoms. The fourth-order valence-corrected chi connectivity index (χ4v) is 3.46. The lowest BCUT2D eigenvalue weighted by Crippen LogP contribution is -2.42. The number of amides is 1. The van der Waals surface area contributed by atoms with E-state index >= 15 is 0 Å². The highest BCUT2D eigenvalue weighted by Crippen LogP contribution is 2.21. The molecule has 0 fully saturated rings. The van der Waals surface area contributed by atoms with Crippen LogP contribution in [0.2, 0.25) is 10.0 Å². The predicted molar refractivity (Wildman–Crippen MR) is 115 cm³/mol. The van der Waals surface area contributed by atoms with Gasteiger partial charge < -0.3 is 10.1 Å². The van der Waals surface area contributed by atoms with Crippen LogP contribution in [0.1, 0.15) is 22.3 Å². The number of hydrogen-bond donors (Lipinski definition) is 1. The Morgan fingerprint density at radius 1 is 1.19 bits per heavy atom. The van der Waals surface area contributed by atoms with Crippen LogP contribution in [-0.4, -0.2) is 29.9 Å². The van der Waals surface area contributed by atoms with Crippen molar-refractivity contribution in [1.82, 2.24) is 5.32 Å². The van der Waals surface area contributed by atoms with Crippen molar-refractivity contribution >= 4 is 62.8 Å². The van der Waals surface area contributed by atoms with Crippen molar-refractivity contribution in [3.05, 3.63) is 68.1 Å². The van der Waals surface area contributed by atoms with Gasteiger partial charge in [0, 0.05) is 9.50 Å². The Labute approximate surface area is 181 Å². The number of halogens is 3. The number of nitrogens with one attached hydrogen (secondary N) is 1. The van der Waals surface area contributed by atoms with E-state index < -0.39 is 17.9 Å². The molecule has 1 amide bonds. The zero-order valence-electron chi connectivity index (χ0n) is 14.5. The summed E-state index contributed by atoms with van der Waals surface area (Å²) in [5.41, 5.74) is 1.12. The van der Waals surface area contributed by atoms with Gasteiger partial charge in [-0.25, -0.2) is 4.79 Å². The maximum atomic E-state index is 12.5. The Morgan fingerprint density at radius 3 is 2.52 bits per heavy atom. The molecule has 0 aliphatic carbocycles. The molecule has 0 saturated heterocycles. The molecular formula is C19H18BrCl2NO3S. The van der Waals surface area contributed by atoms with E-state index in [4.69, 9.17) is 27.9 Å². The summed E-state index contributed by atoms with van der Waals surface area (Å²) in [6, 6.07) is 11.3. The maximum Gasteiger partial charge on any atom is 0.329 e. The van der Waals surface area contributed by atoms with Gasteiger partial charge in [0.25, 0.3) is 5.91 Å². The van der Waals surface area contributed by atoms with Gasteiger partial charge in [0.1, 0.15) is 12.6 Å². The minimum Gasteiger partial charge on any atom is -0.459 e. The van der Waals surface area contributed by atoms with Crippen LogP contribution in [-0.2, 0) is 16.1 Å². The van der Waals surface area contributed by atoms with E-state index in [0.29, 0.717) is 17.2 Å². The van der Waals surface area contributed by atoms with Gasteiger partial charge in [-0.05, 0) is 54.3 Å². The molecule has 2 aromatic carbocycles. The van der Waals surface area contributed by atoms with E-state index in [-0.39, 0.29) is 17.2 Å². The summed E-state index contributed by atoms with van der Waals surface area (Å²) in [5.74, 6) is -0.221. The largest absolute Gasteiger partial charge is 0.459 e. The second-order valence-electron chi connectivity index (χ2n) is 5.67. The first-order valence-corrected chi connectivity index (χ1v) is 11.0. The molecule has 2 aromatic rings. The zero-order chi connectivity index (χ0) is 19.8. The SMILES string of the molecule is CSCCC(NC(=O)c1ccc(Cl)cc1Cl)C(=O)OCc1ccc(Br)cc1. The van der Waals surface area contributed by atoms with Gasteiger partial charge in [-0.15, -0.1) is 0 Å². The Bertz CT molecular complexity index is 802. The van der Waals surface area contributed by atoms with Crippen LogP contribution >= 0.6 is 50.9 Å². The van der Waals surface area contributed by atoms with Gasteiger partial charge >= 0.3 is 5.97 Å². The van der Waals surface area contributed by atoms with E-state index in [0.717, 1.165) is 10.0 Å². The van der Waals surface area contributed by atoms with Crippen LogP contribution < -0.4 is 5.32 Å². The Kier molecular flexibility index (Phi) is 8.96. The molecule has 1 atom stereocenters. The summed E-state index contributed by atoms with van der Waals surface area (Å²) < 4.78 is 6.33. The van der Waals surface area contributed by atoms with E-state index in [1.807, 2.05) is 30.5 Å². The number of thioether (sulfide) groups is 1. The summed E-state index contributed by atoms with van der Waals surface area (Å²) in [6.45, 7) is 0.138. The molecule has 27 heavy (non-hydrogen) atoms. The van der Waals surface area contributed by atoms with Gasteiger partial charge in [0.2, 0.25) is 0 Å². The van der Waals surface area contributed by atoms with Gasteiger partial charge in [-0.3, -0.25) is 4.79 Å². The summed E-state index contributed by atoms with van der Waals surface area (Å²) in [4.78, 5) is 25.0. The molecule has 8 heteroatoms. The molecular weight excluding hydrogens is 473 g/mol. The molecule has 0 aliphatic rings. The summed E-state index contributed by atoms with van der Waals surface area (Å²) in [7, 11) is 0. The Hall–Kier alpha value is -1.21. The van der Waals surface area contributed by atoms with Crippen molar-refractivity contribution in [3.8, 4) is 0 Å². The molecule has 1 N–H and O–H groups in total. The third kappa shape index (κ3) is 7.03. The van der Waals surface area contributed by atoms with Crippen LogP contribution in [0.15, 0.2) is 46.9 Å². The molecule has 144 valence electrons. The normalized spacial score (nSPS) is 11.7. The molecule has 0 aliphatic heterocycles.